The van der Waals surface area contributed by atoms with Gasteiger partial charge in [-0.1, -0.05) is 39.8 Å². The summed E-state index contributed by atoms with van der Waals surface area (Å²) in [7, 11) is 0. The minimum Gasteiger partial charge on any atom is -0.462 e. The molecule has 0 aromatic heterocycles. The number of amides is 3. The fraction of sp³-hybridized carbons (Fsp3) is 0.370. The summed E-state index contributed by atoms with van der Waals surface area (Å²) in [5.41, 5.74) is 1.21. The number of hydrogen-bond acceptors (Lipinski definition) is 7. The van der Waals surface area contributed by atoms with E-state index in [0.29, 0.717) is 17.9 Å². The van der Waals surface area contributed by atoms with E-state index in [2.05, 4.69) is 5.32 Å². The van der Waals surface area contributed by atoms with Crippen LogP contribution >= 0.6 is 0 Å². The lowest BCUT2D eigenvalue weighted by molar-refractivity contribution is -0.151. The van der Waals surface area contributed by atoms with Crippen LogP contribution in [0.15, 0.2) is 48.5 Å². The number of imide groups is 1. The van der Waals surface area contributed by atoms with Crippen LogP contribution in [-0.4, -0.2) is 53.8 Å². The van der Waals surface area contributed by atoms with Crippen molar-refractivity contribution in [1.29, 1.82) is 0 Å². The van der Waals surface area contributed by atoms with Crippen molar-refractivity contribution in [2.24, 2.45) is 11.8 Å². The van der Waals surface area contributed by atoms with E-state index in [4.69, 9.17) is 9.47 Å². The molecule has 0 spiro atoms. The van der Waals surface area contributed by atoms with Crippen molar-refractivity contribution < 1.29 is 33.4 Å². The van der Waals surface area contributed by atoms with Gasteiger partial charge in [0, 0.05) is 5.69 Å². The molecule has 3 amide bonds. The van der Waals surface area contributed by atoms with Gasteiger partial charge in [0.1, 0.15) is 6.04 Å². The van der Waals surface area contributed by atoms with Crippen molar-refractivity contribution in [3.8, 4) is 0 Å². The van der Waals surface area contributed by atoms with Crippen LogP contribution in [0.25, 0.3) is 0 Å². The number of nitrogens with one attached hydrogen (secondary N) is 1. The number of rotatable bonds is 10. The van der Waals surface area contributed by atoms with E-state index in [0.717, 1.165) is 4.90 Å². The van der Waals surface area contributed by atoms with Crippen LogP contribution in [-0.2, 0) is 19.1 Å². The van der Waals surface area contributed by atoms with Crippen LogP contribution in [0.3, 0.4) is 0 Å². The average molecular weight is 495 g/mol. The second kappa shape index (κ2) is 11.6. The third-order valence-corrected chi connectivity index (χ3v) is 5.40. The molecule has 1 aliphatic heterocycles. The zero-order chi connectivity index (χ0) is 26.4. The number of anilines is 1. The Balaban J connectivity index is 1.60. The van der Waals surface area contributed by atoms with Gasteiger partial charge in [0.15, 0.2) is 6.61 Å². The minimum absolute atomic E-state index is 0.0218. The van der Waals surface area contributed by atoms with Crippen molar-refractivity contribution in [3.05, 3.63) is 65.2 Å². The maximum absolute atomic E-state index is 12.9. The Morgan fingerprint density at radius 2 is 1.42 bits per heavy atom. The monoisotopic (exact) mass is 494 g/mol. The fourth-order valence-corrected chi connectivity index (χ4v) is 3.69. The first kappa shape index (κ1) is 26.6. The van der Waals surface area contributed by atoms with Crippen molar-refractivity contribution >= 4 is 35.3 Å². The molecule has 190 valence electrons. The SMILES string of the molecule is CC(C)COC(=O)c1ccc(NC(=O)COC(=O)[C@@H](CC(C)C)N2C(=O)c3ccccc3C2=O)cc1. The Kier molecular flexibility index (Phi) is 8.58. The molecular weight excluding hydrogens is 464 g/mol. The van der Waals surface area contributed by atoms with Gasteiger partial charge in [-0.2, -0.15) is 0 Å². The third-order valence-electron chi connectivity index (χ3n) is 5.40. The molecular formula is C27H30N2O7. The summed E-state index contributed by atoms with van der Waals surface area (Å²) in [6.45, 7) is 7.28. The molecule has 0 unspecified atom stereocenters. The van der Waals surface area contributed by atoms with Crippen LogP contribution in [0, 0.1) is 11.8 Å². The van der Waals surface area contributed by atoms with Crippen molar-refractivity contribution in [2.75, 3.05) is 18.5 Å². The minimum atomic E-state index is -1.15. The van der Waals surface area contributed by atoms with Gasteiger partial charge < -0.3 is 14.8 Å². The molecule has 3 rings (SSSR count). The Labute approximate surface area is 209 Å². The first-order valence-electron chi connectivity index (χ1n) is 11.8. The number of nitrogens with zero attached hydrogens (tertiary/aromatic N) is 1. The first-order valence-corrected chi connectivity index (χ1v) is 11.8. The molecule has 2 aromatic carbocycles. The molecule has 2 aromatic rings. The molecule has 9 heteroatoms. The molecule has 0 radical (unpaired) electrons. The lowest BCUT2D eigenvalue weighted by atomic mass is 10.0. The van der Waals surface area contributed by atoms with E-state index < -0.39 is 42.3 Å². The molecule has 1 heterocycles. The number of carbonyl (C=O) groups is 5. The van der Waals surface area contributed by atoms with E-state index in [9.17, 15) is 24.0 Å². The summed E-state index contributed by atoms with van der Waals surface area (Å²) in [5.74, 6) is -2.83. The predicted octanol–water partition coefficient (Wildman–Crippen LogP) is 3.69. The Bertz CT molecular complexity index is 1120. The summed E-state index contributed by atoms with van der Waals surface area (Å²) in [5, 5.41) is 2.58. The fourth-order valence-electron chi connectivity index (χ4n) is 3.69. The molecule has 1 atom stereocenters. The van der Waals surface area contributed by atoms with Crippen molar-refractivity contribution in [2.45, 2.75) is 40.2 Å². The molecule has 0 aliphatic carbocycles. The van der Waals surface area contributed by atoms with Gasteiger partial charge in [-0.05, 0) is 54.7 Å². The normalized spacial score (nSPS) is 13.6. The van der Waals surface area contributed by atoms with E-state index >= 15 is 0 Å². The largest absolute Gasteiger partial charge is 0.462 e. The summed E-state index contributed by atoms with van der Waals surface area (Å²) in [6, 6.07) is 11.3. The van der Waals surface area contributed by atoms with Crippen LogP contribution in [0.1, 0.15) is 65.2 Å². The van der Waals surface area contributed by atoms with Crippen LogP contribution in [0.2, 0.25) is 0 Å². The quantitative estimate of drug-likeness (QED) is 0.395. The summed E-state index contributed by atoms with van der Waals surface area (Å²) in [4.78, 5) is 63.9. The lowest BCUT2D eigenvalue weighted by Gasteiger charge is -2.25. The smallest absolute Gasteiger partial charge is 0.338 e. The number of hydrogen-bond donors (Lipinski definition) is 1. The van der Waals surface area contributed by atoms with E-state index in [1.165, 1.54) is 36.4 Å². The van der Waals surface area contributed by atoms with Crippen LogP contribution < -0.4 is 5.32 Å². The zero-order valence-electron chi connectivity index (χ0n) is 20.8. The molecule has 1 aliphatic rings. The molecule has 1 N–H and O–H groups in total. The Morgan fingerprint density at radius 3 is 1.94 bits per heavy atom. The number of fused-ring (bicyclic) bond motifs is 1. The third kappa shape index (κ3) is 6.35. The van der Waals surface area contributed by atoms with Crippen molar-refractivity contribution in [1.82, 2.24) is 4.90 Å². The second-order valence-electron chi connectivity index (χ2n) is 9.40. The zero-order valence-corrected chi connectivity index (χ0v) is 20.8. The number of benzene rings is 2. The molecule has 0 saturated heterocycles. The molecule has 36 heavy (non-hydrogen) atoms. The lowest BCUT2D eigenvalue weighted by Crippen LogP contribution is -2.46. The molecule has 0 saturated carbocycles. The molecule has 9 nitrogen and oxygen atoms in total. The maximum atomic E-state index is 12.9. The van der Waals surface area contributed by atoms with E-state index in [-0.39, 0.29) is 29.4 Å². The summed E-state index contributed by atoms with van der Waals surface area (Å²) < 4.78 is 10.4. The number of ether oxygens (including phenoxy) is 2. The van der Waals surface area contributed by atoms with Gasteiger partial charge in [-0.3, -0.25) is 19.3 Å². The Morgan fingerprint density at radius 1 is 0.833 bits per heavy atom. The standard InChI is InChI=1S/C27H30N2O7/c1-16(2)13-22(29-24(31)20-7-5-6-8-21(20)25(29)32)27(34)36-15-23(30)28-19-11-9-18(10-12-19)26(33)35-14-17(3)4/h5-12,16-17,22H,13-15H2,1-4H3,(H,28,30)/t22-/m1/s1. The van der Waals surface area contributed by atoms with Gasteiger partial charge >= 0.3 is 11.9 Å². The highest BCUT2D eigenvalue weighted by molar-refractivity contribution is 6.22. The second-order valence-corrected chi connectivity index (χ2v) is 9.40. The molecule has 0 fully saturated rings. The average Bonchev–Trinajstić information content (AvgIpc) is 3.09. The highest BCUT2D eigenvalue weighted by Gasteiger charge is 2.43. The topological polar surface area (TPSA) is 119 Å². The Hall–Kier alpha value is -4.01. The van der Waals surface area contributed by atoms with Gasteiger partial charge in [-0.25, -0.2) is 9.59 Å². The van der Waals surface area contributed by atoms with Crippen molar-refractivity contribution in [3.63, 3.8) is 0 Å². The van der Waals surface area contributed by atoms with E-state index in [1.54, 1.807) is 12.1 Å². The van der Waals surface area contributed by atoms with E-state index in [1.807, 2.05) is 27.7 Å². The van der Waals surface area contributed by atoms with Crippen LogP contribution in [0.4, 0.5) is 5.69 Å². The number of esters is 2. The highest BCUT2D eigenvalue weighted by Crippen LogP contribution is 2.27. The predicted molar refractivity (Wildman–Crippen MR) is 131 cm³/mol. The van der Waals surface area contributed by atoms with Crippen LogP contribution in [0.5, 0.6) is 0 Å². The number of carbonyl (C=O) groups excluding carboxylic acids is 5. The summed E-state index contributed by atoms with van der Waals surface area (Å²) in [6.07, 6.45) is 0.195. The van der Waals surface area contributed by atoms with Gasteiger partial charge in [0.2, 0.25) is 0 Å². The first-order chi connectivity index (χ1) is 17.1. The maximum Gasteiger partial charge on any atom is 0.338 e. The van der Waals surface area contributed by atoms with Gasteiger partial charge in [0.25, 0.3) is 17.7 Å². The summed E-state index contributed by atoms with van der Waals surface area (Å²) >= 11 is 0. The van der Waals surface area contributed by atoms with Gasteiger partial charge in [-0.15, -0.1) is 0 Å². The highest BCUT2D eigenvalue weighted by atomic mass is 16.5. The van der Waals surface area contributed by atoms with Gasteiger partial charge in [0.05, 0.1) is 23.3 Å². The molecule has 0 bridgehead atoms.